The second kappa shape index (κ2) is 3.61. The van der Waals surface area contributed by atoms with Crippen molar-refractivity contribution in [3.05, 3.63) is 33.7 Å². The van der Waals surface area contributed by atoms with E-state index in [2.05, 4.69) is 18.4 Å². The molecule has 0 spiro atoms. The molecule has 70 valence electrons. The van der Waals surface area contributed by atoms with Crippen LogP contribution in [-0.4, -0.2) is 0 Å². The maximum absolute atomic E-state index is 8.69. The van der Waals surface area contributed by atoms with Gasteiger partial charge in [0.25, 0.3) is 0 Å². The summed E-state index contributed by atoms with van der Waals surface area (Å²) < 4.78 is 1.19. The number of hydrogen-bond acceptors (Lipinski definition) is 2. The smallest absolute Gasteiger partial charge is 0.0670 e. The highest BCUT2D eigenvalue weighted by Crippen LogP contribution is 2.31. The van der Waals surface area contributed by atoms with E-state index < -0.39 is 0 Å². The van der Waals surface area contributed by atoms with E-state index in [1.807, 2.05) is 12.1 Å². The summed E-state index contributed by atoms with van der Waals surface area (Å²) in [5, 5.41) is 12.7. The fraction of sp³-hybridized carbons (Fsp3) is 0.182. The molecular formula is C11H8ClNS. The number of rotatable bonds is 1. The second-order valence-electron chi connectivity index (χ2n) is 3.20. The van der Waals surface area contributed by atoms with E-state index in [1.165, 1.54) is 15.6 Å². The lowest BCUT2D eigenvalue weighted by molar-refractivity contribution is 1.29. The van der Waals surface area contributed by atoms with Gasteiger partial charge in [0.05, 0.1) is 12.5 Å². The molecular weight excluding hydrogens is 214 g/mol. The molecule has 0 saturated heterocycles. The normalized spacial score (nSPS) is 10.4. The van der Waals surface area contributed by atoms with Gasteiger partial charge in [0.2, 0.25) is 0 Å². The van der Waals surface area contributed by atoms with Gasteiger partial charge in [-0.1, -0.05) is 11.6 Å². The summed E-state index contributed by atoms with van der Waals surface area (Å²) in [6.07, 6.45) is 0.428. The van der Waals surface area contributed by atoms with Crippen molar-refractivity contribution in [1.82, 2.24) is 0 Å². The Labute approximate surface area is 91.5 Å². The molecule has 0 aliphatic rings. The van der Waals surface area contributed by atoms with Crippen molar-refractivity contribution >= 4 is 33.0 Å². The van der Waals surface area contributed by atoms with Crippen molar-refractivity contribution in [1.29, 1.82) is 5.26 Å². The number of nitriles is 1. The third kappa shape index (κ3) is 1.50. The molecule has 0 fully saturated rings. The molecule has 0 saturated carbocycles. The van der Waals surface area contributed by atoms with E-state index in [1.54, 1.807) is 11.3 Å². The predicted octanol–water partition coefficient (Wildman–Crippen LogP) is 3.93. The van der Waals surface area contributed by atoms with Gasteiger partial charge in [0, 0.05) is 9.72 Å². The number of benzene rings is 1. The second-order valence-corrected chi connectivity index (χ2v) is 4.51. The Balaban J connectivity index is 2.76. The summed E-state index contributed by atoms with van der Waals surface area (Å²) in [6, 6.07) is 6.00. The molecule has 1 aromatic heterocycles. The van der Waals surface area contributed by atoms with Crippen LogP contribution < -0.4 is 0 Å². The van der Waals surface area contributed by atoms with E-state index in [4.69, 9.17) is 16.9 Å². The Morgan fingerprint density at radius 3 is 3.00 bits per heavy atom. The van der Waals surface area contributed by atoms with Crippen LogP contribution in [0.25, 0.3) is 10.1 Å². The summed E-state index contributed by atoms with van der Waals surface area (Å²) in [7, 11) is 0. The fourth-order valence-electron chi connectivity index (χ4n) is 1.51. The number of nitrogens with zero attached hydrogens (tertiary/aromatic N) is 1. The number of aryl methyl sites for hydroxylation is 1. The van der Waals surface area contributed by atoms with Crippen molar-refractivity contribution in [2.24, 2.45) is 0 Å². The van der Waals surface area contributed by atoms with E-state index in [9.17, 15) is 0 Å². The molecule has 0 unspecified atom stereocenters. The third-order valence-electron chi connectivity index (χ3n) is 2.18. The van der Waals surface area contributed by atoms with E-state index >= 15 is 0 Å². The SMILES string of the molecule is Cc1csc2c(CC#N)cc(Cl)cc12. The van der Waals surface area contributed by atoms with Crippen LogP contribution in [0, 0.1) is 18.3 Å². The van der Waals surface area contributed by atoms with Crippen LogP contribution in [-0.2, 0) is 6.42 Å². The van der Waals surface area contributed by atoms with Crippen LogP contribution in [0.15, 0.2) is 17.5 Å². The predicted molar refractivity (Wildman–Crippen MR) is 60.9 cm³/mol. The average molecular weight is 222 g/mol. The van der Waals surface area contributed by atoms with Gasteiger partial charge in [-0.15, -0.1) is 11.3 Å². The Morgan fingerprint density at radius 1 is 1.50 bits per heavy atom. The molecule has 14 heavy (non-hydrogen) atoms. The highest BCUT2D eigenvalue weighted by atomic mass is 35.5. The van der Waals surface area contributed by atoms with Crippen molar-refractivity contribution in [2.75, 3.05) is 0 Å². The van der Waals surface area contributed by atoms with Crippen molar-refractivity contribution in [2.45, 2.75) is 13.3 Å². The standard InChI is InChI=1S/C11H8ClNS/c1-7-6-14-11-8(2-3-13)4-9(12)5-10(7)11/h4-6H,2H2,1H3. The Bertz CT molecular complexity index is 522. The number of thiophene rings is 1. The monoisotopic (exact) mass is 221 g/mol. The zero-order valence-corrected chi connectivity index (χ0v) is 9.25. The maximum atomic E-state index is 8.69. The Kier molecular flexibility index (Phi) is 2.45. The highest BCUT2D eigenvalue weighted by Gasteiger charge is 2.06. The average Bonchev–Trinajstić information content (AvgIpc) is 2.49. The largest absolute Gasteiger partial charge is 0.198 e. The highest BCUT2D eigenvalue weighted by molar-refractivity contribution is 7.17. The first-order valence-electron chi connectivity index (χ1n) is 4.25. The van der Waals surface area contributed by atoms with Gasteiger partial charge in [-0.3, -0.25) is 0 Å². The molecule has 0 radical (unpaired) electrons. The van der Waals surface area contributed by atoms with E-state index in [0.717, 1.165) is 5.56 Å². The van der Waals surface area contributed by atoms with E-state index in [0.29, 0.717) is 11.4 Å². The number of hydrogen-bond donors (Lipinski definition) is 0. The molecule has 0 atom stereocenters. The van der Waals surface area contributed by atoms with Gasteiger partial charge in [0.15, 0.2) is 0 Å². The fourth-order valence-corrected chi connectivity index (χ4v) is 2.80. The molecule has 2 rings (SSSR count). The van der Waals surface area contributed by atoms with Crippen molar-refractivity contribution in [3.63, 3.8) is 0 Å². The molecule has 0 amide bonds. The molecule has 1 heterocycles. The van der Waals surface area contributed by atoms with Gasteiger partial charge >= 0.3 is 0 Å². The lowest BCUT2D eigenvalue weighted by Crippen LogP contribution is -1.82. The van der Waals surface area contributed by atoms with Crippen LogP contribution >= 0.6 is 22.9 Å². The zero-order chi connectivity index (χ0) is 10.1. The van der Waals surface area contributed by atoms with Crippen molar-refractivity contribution < 1.29 is 0 Å². The minimum absolute atomic E-state index is 0.428. The Morgan fingerprint density at radius 2 is 2.29 bits per heavy atom. The molecule has 2 aromatic rings. The van der Waals surface area contributed by atoms with Gasteiger partial charge in [0.1, 0.15) is 0 Å². The molecule has 0 N–H and O–H groups in total. The minimum atomic E-state index is 0.428. The minimum Gasteiger partial charge on any atom is -0.198 e. The van der Waals surface area contributed by atoms with Crippen LogP contribution in [0.2, 0.25) is 5.02 Å². The summed E-state index contributed by atoms with van der Waals surface area (Å²) in [4.78, 5) is 0. The van der Waals surface area contributed by atoms with Crippen LogP contribution in [0.3, 0.4) is 0 Å². The lowest BCUT2D eigenvalue weighted by atomic mass is 10.1. The number of halogens is 1. The van der Waals surface area contributed by atoms with Gasteiger partial charge in [-0.2, -0.15) is 5.26 Å². The first kappa shape index (κ1) is 9.51. The molecule has 1 nitrogen and oxygen atoms in total. The first-order chi connectivity index (χ1) is 6.72. The van der Waals surface area contributed by atoms with E-state index in [-0.39, 0.29) is 0 Å². The maximum Gasteiger partial charge on any atom is 0.0670 e. The number of fused-ring (bicyclic) bond motifs is 1. The molecule has 0 aliphatic heterocycles. The molecule has 0 aliphatic carbocycles. The summed E-state index contributed by atoms with van der Waals surface area (Å²) >= 11 is 7.66. The van der Waals surface area contributed by atoms with Crippen molar-refractivity contribution in [3.8, 4) is 6.07 Å². The molecule has 1 aromatic carbocycles. The Hall–Kier alpha value is -1.04. The van der Waals surface area contributed by atoms with Crippen LogP contribution in [0.5, 0.6) is 0 Å². The first-order valence-corrected chi connectivity index (χ1v) is 5.51. The van der Waals surface area contributed by atoms with Gasteiger partial charge < -0.3 is 0 Å². The molecule has 0 bridgehead atoms. The van der Waals surface area contributed by atoms with Crippen LogP contribution in [0.1, 0.15) is 11.1 Å². The topological polar surface area (TPSA) is 23.8 Å². The van der Waals surface area contributed by atoms with Gasteiger partial charge in [-0.05, 0) is 40.9 Å². The van der Waals surface area contributed by atoms with Crippen LogP contribution in [0.4, 0.5) is 0 Å². The summed E-state index contributed by atoms with van der Waals surface area (Å²) in [6.45, 7) is 2.06. The summed E-state index contributed by atoms with van der Waals surface area (Å²) in [5.74, 6) is 0. The van der Waals surface area contributed by atoms with Gasteiger partial charge in [-0.25, -0.2) is 0 Å². The zero-order valence-electron chi connectivity index (χ0n) is 7.67. The summed E-state index contributed by atoms with van der Waals surface area (Å²) in [5.41, 5.74) is 2.26. The molecule has 3 heteroatoms. The third-order valence-corrected chi connectivity index (χ3v) is 3.59. The quantitative estimate of drug-likeness (QED) is 0.716. The lowest BCUT2D eigenvalue weighted by Gasteiger charge is -1.99.